The Labute approximate surface area is 73.6 Å². The maximum atomic E-state index is 9.37. The van der Waals surface area contributed by atoms with E-state index in [0.29, 0.717) is 5.54 Å². The van der Waals surface area contributed by atoms with E-state index in [2.05, 4.69) is 4.90 Å². The first-order valence-corrected chi connectivity index (χ1v) is 5.22. The minimum Gasteiger partial charge on any atom is -0.393 e. The predicted molar refractivity (Wildman–Crippen MR) is 46.9 cm³/mol. The monoisotopic (exact) mass is 167 g/mol. The molecule has 2 nitrogen and oxygen atoms in total. The van der Waals surface area contributed by atoms with Gasteiger partial charge in [-0.15, -0.1) is 0 Å². The second-order valence-corrected chi connectivity index (χ2v) is 4.92. The van der Waals surface area contributed by atoms with Crippen LogP contribution in [0.1, 0.15) is 32.1 Å². The van der Waals surface area contributed by atoms with Gasteiger partial charge in [0.2, 0.25) is 0 Å². The highest BCUT2D eigenvalue weighted by atomic mass is 16.3. The van der Waals surface area contributed by atoms with Crippen molar-refractivity contribution in [2.45, 2.75) is 43.7 Å². The van der Waals surface area contributed by atoms with Crippen LogP contribution in [0.15, 0.2) is 0 Å². The number of hydrogen-bond acceptors (Lipinski definition) is 2. The Balaban J connectivity index is 1.63. The number of piperidine rings is 1. The van der Waals surface area contributed by atoms with Crippen LogP contribution < -0.4 is 0 Å². The summed E-state index contributed by atoms with van der Waals surface area (Å²) in [4.78, 5) is 2.64. The van der Waals surface area contributed by atoms with E-state index in [-0.39, 0.29) is 6.10 Å². The molecule has 0 aromatic rings. The zero-order valence-corrected chi connectivity index (χ0v) is 7.50. The van der Waals surface area contributed by atoms with Crippen molar-refractivity contribution in [3.63, 3.8) is 0 Å². The van der Waals surface area contributed by atoms with Crippen LogP contribution >= 0.6 is 0 Å². The fraction of sp³-hybridized carbons (Fsp3) is 1.00. The van der Waals surface area contributed by atoms with Crippen molar-refractivity contribution in [2.24, 2.45) is 5.92 Å². The molecular formula is C10H17NO. The van der Waals surface area contributed by atoms with E-state index >= 15 is 0 Å². The summed E-state index contributed by atoms with van der Waals surface area (Å²) >= 11 is 0. The lowest BCUT2D eigenvalue weighted by atomic mass is 9.49. The van der Waals surface area contributed by atoms with Crippen LogP contribution in [0.5, 0.6) is 0 Å². The molecule has 0 atom stereocenters. The van der Waals surface area contributed by atoms with E-state index in [9.17, 15) is 5.11 Å². The van der Waals surface area contributed by atoms with Gasteiger partial charge < -0.3 is 5.11 Å². The van der Waals surface area contributed by atoms with E-state index in [0.717, 1.165) is 31.8 Å². The summed E-state index contributed by atoms with van der Waals surface area (Å²) in [6.07, 6.45) is 6.39. The molecule has 1 aliphatic heterocycles. The molecule has 4 aliphatic rings. The van der Waals surface area contributed by atoms with Gasteiger partial charge in [-0.3, -0.25) is 4.90 Å². The Morgan fingerprint density at radius 3 is 2.08 bits per heavy atom. The molecule has 68 valence electrons. The van der Waals surface area contributed by atoms with Crippen LogP contribution in [0.3, 0.4) is 0 Å². The first-order chi connectivity index (χ1) is 5.78. The van der Waals surface area contributed by atoms with Gasteiger partial charge in [-0.25, -0.2) is 0 Å². The molecule has 1 N–H and O–H groups in total. The molecule has 4 rings (SSSR count). The molecule has 0 aromatic heterocycles. The van der Waals surface area contributed by atoms with Crippen LogP contribution in [0, 0.1) is 5.92 Å². The molecular weight excluding hydrogens is 150 g/mol. The standard InChI is InChI=1S/C10H17NO/c12-9-1-3-11(4-2-9)10-5-8(6-10)7-10/h8-9,12H,1-7H2. The average molecular weight is 167 g/mol. The highest BCUT2D eigenvalue weighted by molar-refractivity contribution is 5.15. The first kappa shape index (κ1) is 7.34. The first-order valence-electron chi connectivity index (χ1n) is 5.22. The van der Waals surface area contributed by atoms with Gasteiger partial charge in [0, 0.05) is 18.6 Å². The maximum Gasteiger partial charge on any atom is 0.0564 e. The van der Waals surface area contributed by atoms with Crippen LogP contribution in [0.25, 0.3) is 0 Å². The molecule has 3 saturated carbocycles. The third-order valence-corrected chi connectivity index (χ3v) is 4.14. The molecule has 0 amide bonds. The highest BCUT2D eigenvalue weighted by Gasteiger charge is 2.59. The van der Waals surface area contributed by atoms with Crippen molar-refractivity contribution >= 4 is 0 Å². The lowest BCUT2D eigenvalue weighted by molar-refractivity contribution is -0.156. The summed E-state index contributed by atoms with van der Waals surface area (Å²) in [5, 5.41) is 9.37. The fourth-order valence-electron chi connectivity index (χ4n) is 3.16. The lowest BCUT2D eigenvalue weighted by Crippen LogP contribution is -2.69. The number of aliphatic hydroxyl groups is 1. The number of hydrogen-bond donors (Lipinski definition) is 1. The molecule has 1 heterocycles. The Morgan fingerprint density at radius 1 is 1.08 bits per heavy atom. The second-order valence-electron chi connectivity index (χ2n) is 4.92. The highest BCUT2D eigenvalue weighted by Crippen LogP contribution is 2.60. The zero-order valence-electron chi connectivity index (χ0n) is 7.50. The van der Waals surface area contributed by atoms with Crippen molar-refractivity contribution < 1.29 is 5.11 Å². The van der Waals surface area contributed by atoms with Crippen molar-refractivity contribution in [3.8, 4) is 0 Å². The predicted octanol–water partition coefficient (Wildman–Crippen LogP) is 0.996. The summed E-state index contributed by atoms with van der Waals surface area (Å²) in [7, 11) is 0. The van der Waals surface area contributed by atoms with Crippen LogP contribution in [0.4, 0.5) is 0 Å². The average Bonchev–Trinajstić information content (AvgIpc) is 1.87. The molecule has 0 radical (unpaired) electrons. The smallest absolute Gasteiger partial charge is 0.0564 e. The van der Waals surface area contributed by atoms with Gasteiger partial charge in [-0.1, -0.05) is 0 Å². The molecule has 4 fully saturated rings. The molecule has 1 saturated heterocycles. The van der Waals surface area contributed by atoms with Gasteiger partial charge in [-0.2, -0.15) is 0 Å². The molecule has 12 heavy (non-hydrogen) atoms. The van der Waals surface area contributed by atoms with Crippen molar-refractivity contribution in [1.29, 1.82) is 0 Å². The largest absolute Gasteiger partial charge is 0.393 e. The number of aliphatic hydroxyl groups excluding tert-OH is 1. The number of rotatable bonds is 1. The number of likely N-dealkylation sites (tertiary alicyclic amines) is 1. The van der Waals surface area contributed by atoms with Gasteiger partial charge in [0.1, 0.15) is 0 Å². The molecule has 0 unspecified atom stereocenters. The van der Waals surface area contributed by atoms with Crippen LogP contribution in [-0.2, 0) is 0 Å². The maximum absolute atomic E-state index is 9.37. The molecule has 0 aromatic carbocycles. The van der Waals surface area contributed by atoms with E-state index in [1.54, 1.807) is 0 Å². The van der Waals surface area contributed by atoms with E-state index in [1.807, 2.05) is 0 Å². The van der Waals surface area contributed by atoms with Gasteiger partial charge in [0.15, 0.2) is 0 Å². The quantitative estimate of drug-likeness (QED) is 0.629. The van der Waals surface area contributed by atoms with E-state index in [4.69, 9.17) is 0 Å². The van der Waals surface area contributed by atoms with Gasteiger partial charge >= 0.3 is 0 Å². The molecule has 2 heteroatoms. The molecule has 2 bridgehead atoms. The van der Waals surface area contributed by atoms with Crippen LogP contribution in [-0.4, -0.2) is 34.7 Å². The second kappa shape index (κ2) is 2.24. The third-order valence-electron chi connectivity index (χ3n) is 4.14. The van der Waals surface area contributed by atoms with Crippen molar-refractivity contribution in [1.82, 2.24) is 4.90 Å². The van der Waals surface area contributed by atoms with E-state index in [1.165, 1.54) is 19.3 Å². The summed E-state index contributed by atoms with van der Waals surface area (Å²) in [5.41, 5.74) is 0.644. The summed E-state index contributed by atoms with van der Waals surface area (Å²) in [6, 6.07) is 0. The summed E-state index contributed by atoms with van der Waals surface area (Å²) < 4.78 is 0. The Morgan fingerprint density at radius 2 is 1.67 bits per heavy atom. The Hall–Kier alpha value is -0.0800. The molecule has 3 aliphatic carbocycles. The number of nitrogens with zero attached hydrogens (tertiary/aromatic N) is 1. The van der Waals surface area contributed by atoms with Gasteiger partial charge in [0.05, 0.1) is 6.10 Å². The van der Waals surface area contributed by atoms with Crippen molar-refractivity contribution in [3.05, 3.63) is 0 Å². The minimum atomic E-state index is -0.00593. The summed E-state index contributed by atoms with van der Waals surface area (Å²) in [5.74, 6) is 1.08. The minimum absolute atomic E-state index is 0.00593. The van der Waals surface area contributed by atoms with Crippen molar-refractivity contribution in [2.75, 3.05) is 13.1 Å². The van der Waals surface area contributed by atoms with Crippen LogP contribution in [0.2, 0.25) is 0 Å². The topological polar surface area (TPSA) is 23.5 Å². The fourth-order valence-corrected chi connectivity index (χ4v) is 3.16. The Bertz CT molecular complexity index is 179. The van der Waals surface area contributed by atoms with E-state index < -0.39 is 0 Å². The third kappa shape index (κ3) is 0.826. The normalized spacial score (nSPS) is 48.2. The summed E-state index contributed by atoms with van der Waals surface area (Å²) in [6.45, 7) is 2.29. The van der Waals surface area contributed by atoms with Gasteiger partial charge in [-0.05, 0) is 38.0 Å². The zero-order chi connectivity index (χ0) is 8.18. The SMILES string of the molecule is OC1CCN(C23CC(C2)C3)CC1. The molecule has 0 spiro atoms. The lowest BCUT2D eigenvalue weighted by Gasteiger charge is -2.67. The Kier molecular flexibility index (Phi) is 1.37. The van der Waals surface area contributed by atoms with Gasteiger partial charge in [0.25, 0.3) is 0 Å².